The lowest BCUT2D eigenvalue weighted by Gasteiger charge is -2.21. The highest BCUT2D eigenvalue weighted by atomic mass is 32.1. The maximum Gasteiger partial charge on any atom is 0.123 e. The fourth-order valence-corrected chi connectivity index (χ4v) is 2.36. The summed E-state index contributed by atoms with van der Waals surface area (Å²) >= 11 is 1.70. The number of hydrogen-bond acceptors (Lipinski definition) is 2. The Labute approximate surface area is 94.8 Å². The van der Waals surface area contributed by atoms with Crippen molar-refractivity contribution in [3.63, 3.8) is 0 Å². The van der Waals surface area contributed by atoms with Crippen LogP contribution in [0, 0.1) is 0 Å². The fourth-order valence-electron chi connectivity index (χ4n) is 1.68. The second-order valence-electron chi connectivity index (χ2n) is 4.63. The average molecular weight is 217 g/mol. The van der Waals surface area contributed by atoms with E-state index in [1.54, 1.807) is 11.3 Å². The topological polar surface area (TPSA) is 12.9 Å². The van der Waals surface area contributed by atoms with E-state index >= 15 is 0 Å². The van der Waals surface area contributed by atoms with E-state index in [4.69, 9.17) is 0 Å². The number of rotatable bonds is 1. The molecule has 78 valence electrons. The predicted molar refractivity (Wildman–Crippen MR) is 66.3 cm³/mol. The summed E-state index contributed by atoms with van der Waals surface area (Å²) in [5.74, 6) is 0. The highest BCUT2D eigenvalue weighted by Gasteiger charge is 2.18. The van der Waals surface area contributed by atoms with Crippen molar-refractivity contribution in [1.82, 2.24) is 4.98 Å². The minimum Gasteiger partial charge on any atom is -0.245 e. The van der Waals surface area contributed by atoms with Crippen LogP contribution in [0.4, 0.5) is 0 Å². The molecule has 2 aromatic rings. The average Bonchev–Trinajstić information content (AvgIpc) is 2.69. The Morgan fingerprint density at radius 2 is 1.87 bits per heavy atom. The van der Waals surface area contributed by atoms with Crippen LogP contribution in [0.2, 0.25) is 0 Å². The molecule has 0 N–H and O–H groups in total. The molecule has 2 rings (SSSR count). The molecule has 2 heteroatoms. The van der Waals surface area contributed by atoms with Crippen molar-refractivity contribution >= 4 is 11.3 Å². The lowest BCUT2D eigenvalue weighted by atomic mass is 9.84. The molecule has 0 amide bonds. The van der Waals surface area contributed by atoms with Crippen LogP contribution in [0.15, 0.2) is 35.8 Å². The van der Waals surface area contributed by atoms with Gasteiger partial charge >= 0.3 is 0 Å². The van der Waals surface area contributed by atoms with Crippen LogP contribution in [0.5, 0.6) is 0 Å². The van der Waals surface area contributed by atoms with E-state index in [-0.39, 0.29) is 5.41 Å². The molecule has 0 atom stereocenters. The lowest BCUT2D eigenvalue weighted by molar-refractivity contribution is 0.592. The number of thiazole rings is 1. The van der Waals surface area contributed by atoms with Crippen LogP contribution in [0.1, 0.15) is 26.3 Å². The van der Waals surface area contributed by atoms with Gasteiger partial charge in [-0.1, -0.05) is 45.0 Å². The van der Waals surface area contributed by atoms with E-state index in [0.717, 1.165) is 5.01 Å². The van der Waals surface area contributed by atoms with E-state index in [2.05, 4.69) is 50.0 Å². The first kappa shape index (κ1) is 10.4. The zero-order valence-electron chi connectivity index (χ0n) is 9.32. The predicted octanol–water partition coefficient (Wildman–Crippen LogP) is 4.11. The van der Waals surface area contributed by atoms with Crippen molar-refractivity contribution in [2.75, 3.05) is 0 Å². The quantitative estimate of drug-likeness (QED) is 0.700. The second kappa shape index (κ2) is 3.78. The van der Waals surface area contributed by atoms with Crippen molar-refractivity contribution in [3.05, 3.63) is 41.4 Å². The number of benzene rings is 1. The Balaban J connectivity index is 2.58. The van der Waals surface area contributed by atoms with Gasteiger partial charge < -0.3 is 0 Å². The summed E-state index contributed by atoms with van der Waals surface area (Å²) in [5, 5.41) is 3.13. The summed E-state index contributed by atoms with van der Waals surface area (Å²) in [7, 11) is 0. The molecular weight excluding hydrogens is 202 g/mol. The van der Waals surface area contributed by atoms with E-state index in [9.17, 15) is 0 Å². The highest BCUT2D eigenvalue weighted by molar-refractivity contribution is 7.13. The van der Waals surface area contributed by atoms with Crippen molar-refractivity contribution in [2.24, 2.45) is 0 Å². The molecule has 1 aromatic carbocycles. The van der Waals surface area contributed by atoms with Gasteiger partial charge in [0.25, 0.3) is 0 Å². The number of hydrogen-bond donors (Lipinski definition) is 0. The Morgan fingerprint density at radius 1 is 1.13 bits per heavy atom. The van der Waals surface area contributed by atoms with Crippen molar-refractivity contribution in [1.29, 1.82) is 0 Å². The standard InChI is InChI=1S/C13H15NS/c1-13(2,3)11-7-5-4-6-10(11)12-14-8-9-15-12/h4-9H,1-3H3. The minimum absolute atomic E-state index is 0.169. The molecular formula is C13H15NS. The van der Waals surface area contributed by atoms with Crippen LogP contribution in [0.25, 0.3) is 10.6 Å². The largest absolute Gasteiger partial charge is 0.245 e. The Hall–Kier alpha value is -1.15. The molecule has 0 aliphatic heterocycles. The van der Waals surface area contributed by atoms with Crippen LogP contribution in [-0.2, 0) is 5.41 Å². The molecule has 0 fully saturated rings. The first-order chi connectivity index (χ1) is 7.09. The number of nitrogens with zero attached hydrogens (tertiary/aromatic N) is 1. The zero-order chi connectivity index (χ0) is 10.9. The van der Waals surface area contributed by atoms with Crippen LogP contribution in [0.3, 0.4) is 0 Å². The van der Waals surface area contributed by atoms with Crippen LogP contribution >= 0.6 is 11.3 Å². The third-order valence-electron chi connectivity index (χ3n) is 2.40. The Bertz CT molecular complexity index is 438. The molecule has 0 saturated heterocycles. The fraction of sp³-hybridized carbons (Fsp3) is 0.308. The number of aromatic nitrogens is 1. The molecule has 1 heterocycles. The first-order valence-electron chi connectivity index (χ1n) is 5.08. The first-order valence-corrected chi connectivity index (χ1v) is 5.96. The van der Waals surface area contributed by atoms with Gasteiger partial charge in [0.1, 0.15) is 5.01 Å². The molecule has 0 aliphatic carbocycles. The Kier molecular flexibility index (Phi) is 2.61. The van der Waals surface area contributed by atoms with Gasteiger partial charge in [0.2, 0.25) is 0 Å². The normalized spacial score (nSPS) is 11.7. The maximum atomic E-state index is 4.38. The van der Waals surface area contributed by atoms with Gasteiger partial charge in [-0.2, -0.15) is 0 Å². The second-order valence-corrected chi connectivity index (χ2v) is 5.53. The molecule has 0 spiro atoms. The smallest absolute Gasteiger partial charge is 0.123 e. The maximum absolute atomic E-state index is 4.38. The lowest BCUT2D eigenvalue weighted by Crippen LogP contribution is -2.12. The van der Waals surface area contributed by atoms with Crippen molar-refractivity contribution < 1.29 is 0 Å². The van der Waals surface area contributed by atoms with Gasteiger partial charge in [-0.3, -0.25) is 0 Å². The molecule has 0 unspecified atom stereocenters. The molecule has 1 aromatic heterocycles. The van der Waals surface area contributed by atoms with Gasteiger partial charge in [-0.25, -0.2) is 4.98 Å². The SMILES string of the molecule is CC(C)(C)c1ccccc1-c1nccs1. The van der Waals surface area contributed by atoms with E-state index in [0.29, 0.717) is 0 Å². The van der Waals surface area contributed by atoms with Gasteiger partial charge in [0, 0.05) is 17.1 Å². The third kappa shape index (κ3) is 2.10. The van der Waals surface area contributed by atoms with E-state index < -0.39 is 0 Å². The summed E-state index contributed by atoms with van der Waals surface area (Å²) in [5.41, 5.74) is 2.79. The van der Waals surface area contributed by atoms with Crippen LogP contribution < -0.4 is 0 Å². The van der Waals surface area contributed by atoms with Gasteiger partial charge in [0.15, 0.2) is 0 Å². The van der Waals surface area contributed by atoms with Crippen molar-refractivity contribution in [2.45, 2.75) is 26.2 Å². The molecule has 0 aliphatic rings. The van der Waals surface area contributed by atoms with Crippen molar-refractivity contribution in [3.8, 4) is 10.6 Å². The van der Waals surface area contributed by atoms with E-state index in [1.165, 1.54) is 11.1 Å². The molecule has 1 nitrogen and oxygen atoms in total. The summed E-state index contributed by atoms with van der Waals surface area (Å²) in [6, 6.07) is 8.51. The molecule has 0 bridgehead atoms. The summed E-state index contributed by atoms with van der Waals surface area (Å²) in [6.07, 6.45) is 1.86. The van der Waals surface area contributed by atoms with E-state index in [1.807, 2.05) is 11.6 Å². The zero-order valence-corrected chi connectivity index (χ0v) is 10.1. The minimum atomic E-state index is 0.169. The summed E-state index contributed by atoms with van der Waals surface area (Å²) in [6.45, 7) is 6.71. The van der Waals surface area contributed by atoms with Gasteiger partial charge in [-0.05, 0) is 11.0 Å². The summed E-state index contributed by atoms with van der Waals surface area (Å²) < 4.78 is 0. The highest BCUT2D eigenvalue weighted by Crippen LogP contribution is 2.33. The monoisotopic (exact) mass is 217 g/mol. The van der Waals surface area contributed by atoms with Gasteiger partial charge in [0.05, 0.1) is 0 Å². The Morgan fingerprint density at radius 3 is 2.47 bits per heavy atom. The molecule has 0 saturated carbocycles. The van der Waals surface area contributed by atoms with Gasteiger partial charge in [-0.15, -0.1) is 11.3 Å². The third-order valence-corrected chi connectivity index (χ3v) is 3.20. The molecule has 0 radical (unpaired) electrons. The molecule has 15 heavy (non-hydrogen) atoms. The summed E-state index contributed by atoms with van der Waals surface area (Å²) in [4.78, 5) is 4.38. The van der Waals surface area contributed by atoms with Crippen LogP contribution in [-0.4, -0.2) is 4.98 Å².